The molecule has 1 aromatic heterocycles. The molecule has 0 aliphatic rings. The maximum Gasteiger partial charge on any atom is 0.354 e. The lowest BCUT2D eigenvalue weighted by molar-refractivity contribution is 0.0690. The maximum atomic E-state index is 10.8. The van der Waals surface area contributed by atoms with Crippen molar-refractivity contribution in [3.63, 3.8) is 0 Å². The van der Waals surface area contributed by atoms with Gasteiger partial charge >= 0.3 is 5.97 Å². The summed E-state index contributed by atoms with van der Waals surface area (Å²) in [4.78, 5) is 18.8. The van der Waals surface area contributed by atoms with Crippen LogP contribution in [0.15, 0.2) is 6.07 Å². The van der Waals surface area contributed by atoms with Crippen molar-refractivity contribution in [2.45, 2.75) is 26.9 Å². The number of aryl methyl sites for hydroxylation is 1. The van der Waals surface area contributed by atoms with Crippen LogP contribution in [-0.2, 0) is 4.74 Å². The average molecular weight is 239 g/mol. The second kappa shape index (κ2) is 6.15. The van der Waals surface area contributed by atoms with E-state index in [-0.39, 0.29) is 11.8 Å². The highest BCUT2D eigenvalue weighted by atomic mass is 16.5. The average Bonchev–Trinajstić information content (AvgIpc) is 2.26. The summed E-state index contributed by atoms with van der Waals surface area (Å²) in [5.74, 6) is -0.745. The Kier molecular flexibility index (Phi) is 4.84. The maximum absolute atomic E-state index is 10.8. The molecular weight excluding hydrogens is 222 g/mol. The number of carboxylic acids is 1. The van der Waals surface area contributed by atoms with Crippen molar-refractivity contribution in [3.8, 4) is 0 Å². The van der Waals surface area contributed by atoms with Gasteiger partial charge in [0.1, 0.15) is 0 Å². The first-order valence-electron chi connectivity index (χ1n) is 5.47. The first-order valence-corrected chi connectivity index (χ1v) is 5.47. The normalized spacial score (nSPS) is 12.2. The van der Waals surface area contributed by atoms with Gasteiger partial charge in [-0.2, -0.15) is 0 Å². The number of hydrogen-bond acceptors (Lipinski definition) is 5. The SMILES string of the molecule is CCOC(C)CNc1nc(C)cc(C(=O)O)n1. The van der Waals surface area contributed by atoms with Gasteiger partial charge in [-0.1, -0.05) is 0 Å². The Morgan fingerprint density at radius 2 is 2.29 bits per heavy atom. The number of carboxylic acid groups (broad SMARTS) is 1. The molecule has 0 bridgehead atoms. The first-order chi connectivity index (χ1) is 8.02. The predicted octanol–water partition coefficient (Wildman–Crippen LogP) is 1.32. The van der Waals surface area contributed by atoms with Crippen LogP contribution in [-0.4, -0.2) is 40.3 Å². The van der Waals surface area contributed by atoms with Gasteiger partial charge in [-0.25, -0.2) is 14.8 Å². The van der Waals surface area contributed by atoms with E-state index in [4.69, 9.17) is 9.84 Å². The second-order valence-electron chi connectivity index (χ2n) is 3.67. The number of rotatable bonds is 6. The van der Waals surface area contributed by atoms with Gasteiger partial charge in [0.2, 0.25) is 5.95 Å². The molecule has 0 aliphatic carbocycles. The van der Waals surface area contributed by atoms with Crippen LogP contribution in [0.1, 0.15) is 30.0 Å². The third-order valence-electron chi connectivity index (χ3n) is 2.07. The van der Waals surface area contributed by atoms with Gasteiger partial charge in [0.05, 0.1) is 6.10 Å². The highest BCUT2D eigenvalue weighted by Crippen LogP contribution is 2.05. The Hall–Kier alpha value is -1.69. The summed E-state index contributed by atoms with van der Waals surface area (Å²) < 4.78 is 5.34. The van der Waals surface area contributed by atoms with Crippen molar-refractivity contribution in [1.82, 2.24) is 9.97 Å². The quantitative estimate of drug-likeness (QED) is 0.778. The van der Waals surface area contributed by atoms with Crippen molar-refractivity contribution in [3.05, 3.63) is 17.5 Å². The molecule has 0 fully saturated rings. The Labute approximate surface area is 100 Å². The summed E-state index contributed by atoms with van der Waals surface area (Å²) in [6, 6.07) is 1.43. The van der Waals surface area contributed by atoms with Crippen molar-refractivity contribution < 1.29 is 14.6 Å². The number of nitrogens with zero attached hydrogens (tertiary/aromatic N) is 2. The molecule has 0 spiro atoms. The molecule has 1 aromatic rings. The Morgan fingerprint density at radius 3 is 2.88 bits per heavy atom. The summed E-state index contributed by atoms with van der Waals surface area (Å²) in [5, 5.41) is 11.8. The minimum atomic E-state index is -1.06. The zero-order valence-electron chi connectivity index (χ0n) is 10.2. The molecule has 6 heteroatoms. The molecule has 94 valence electrons. The molecule has 0 saturated carbocycles. The first kappa shape index (κ1) is 13.4. The number of carbonyl (C=O) groups is 1. The van der Waals surface area contributed by atoms with Crippen LogP contribution in [0.4, 0.5) is 5.95 Å². The molecule has 1 heterocycles. The lowest BCUT2D eigenvalue weighted by Crippen LogP contribution is -2.21. The molecule has 0 saturated heterocycles. The topological polar surface area (TPSA) is 84.3 Å². The van der Waals surface area contributed by atoms with Gasteiger partial charge in [0.15, 0.2) is 5.69 Å². The fourth-order valence-corrected chi connectivity index (χ4v) is 1.34. The van der Waals surface area contributed by atoms with Crippen LogP contribution in [0.3, 0.4) is 0 Å². The van der Waals surface area contributed by atoms with E-state index in [1.807, 2.05) is 13.8 Å². The lowest BCUT2D eigenvalue weighted by atomic mass is 10.3. The molecule has 1 atom stereocenters. The van der Waals surface area contributed by atoms with Crippen LogP contribution < -0.4 is 5.32 Å². The molecule has 0 amide bonds. The fourth-order valence-electron chi connectivity index (χ4n) is 1.34. The van der Waals surface area contributed by atoms with Gasteiger partial charge in [0, 0.05) is 18.8 Å². The Morgan fingerprint density at radius 1 is 1.59 bits per heavy atom. The van der Waals surface area contributed by atoms with Gasteiger partial charge in [-0.3, -0.25) is 0 Å². The molecule has 0 aromatic carbocycles. The third-order valence-corrected chi connectivity index (χ3v) is 2.07. The van der Waals surface area contributed by atoms with E-state index < -0.39 is 5.97 Å². The van der Waals surface area contributed by atoms with Crippen molar-refractivity contribution >= 4 is 11.9 Å². The van der Waals surface area contributed by atoms with E-state index in [2.05, 4.69) is 15.3 Å². The molecule has 17 heavy (non-hydrogen) atoms. The fraction of sp³-hybridized carbons (Fsp3) is 0.545. The van der Waals surface area contributed by atoms with Crippen LogP contribution in [0.25, 0.3) is 0 Å². The Bertz CT molecular complexity index is 396. The minimum absolute atomic E-state index is 0.0101. The number of ether oxygens (including phenoxy) is 1. The zero-order chi connectivity index (χ0) is 12.8. The van der Waals surface area contributed by atoms with Crippen LogP contribution in [0.5, 0.6) is 0 Å². The van der Waals surface area contributed by atoms with E-state index in [1.165, 1.54) is 6.07 Å². The van der Waals surface area contributed by atoms with E-state index in [0.29, 0.717) is 24.8 Å². The van der Waals surface area contributed by atoms with Crippen molar-refractivity contribution in [2.75, 3.05) is 18.5 Å². The van der Waals surface area contributed by atoms with E-state index in [9.17, 15) is 4.79 Å². The summed E-state index contributed by atoms with van der Waals surface area (Å²) in [5.41, 5.74) is 0.605. The van der Waals surface area contributed by atoms with Crippen molar-refractivity contribution in [2.24, 2.45) is 0 Å². The number of hydrogen-bond donors (Lipinski definition) is 2. The van der Waals surface area contributed by atoms with Crippen LogP contribution in [0.2, 0.25) is 0 Å². The molecule has 1 unspecified atom stereocenters. The third kappa shape index (κ3) is 4.36. The highest BCUT2D eigenvalue weighted by Gasteiger charge is 2.09. The summed E-state index contributed by atoms with van der Waals surface area (Å²) in [7, 11) is 0. The van der Waals surface area contributed by atoms with Gasteiger partial charge in [0.25, 0.3) is 0 Å². The predicted molar refractivity (Wildman–Crippen MR) is 63.3 cm³/mol. The van der Waals surface area contributed by atoms with Crippen LogP contribution >= 0.6 is 0 Å². The number of anilines is 1. The van der Waals surface area contributed by atoms with Crippen molar-refractivity contribution in [1.29, 1.82) is 0 Å². The second-order valence-corrected chi connectivity index (χ2v) is 3.67. The molecule has 0 aliphatic heterocycles. The standard InChI is InChI=1S/C11H17N3O3/c1-4-17-8(3)6-12-11-13-7(2)5-9(14-11)10(15)16/h5,8H,4,6H2,1-3H3,(H,15,16)(H,12,13,14). The molecule has 6 nitrogen and oxygen atoms in total. The summed E-state index contributed by atoms with van der Waals surface area (Å²) >= 11 is 0. The van der Waals surface area contributed by atoms with Crippen LogP contribution in [0, 0.1) is 6.92 Å². The molecular formula is C11H17N3O3. The zero-order valence-corrected chi connectivity index (χ0v) is 10.2. The summed E-state index contributed by atoms with van der Waals surface area (Å²) in [6.07, 6.45) is 0.0254. The molecule has 0 radical (unpaired) electrons. The largest absolute Gasteiger partial charge is 0.477 e. The van der Waals surface area contributed by atoms with Gasteiger partial charge < -0.3 is 15.2 Å². The number of aromatic carboxylic acids is 1. The van der Waals surface area contributed by atoms with E-state index in [1.54, 1.807) is 6.92 Å². The number of aromatic nitrogens is 2. The van der Waals surface area contributed by atoms with E-state index in [0.717, 1.165) is 0 Å². The highest BCUT2D eigenvalue weighted by molar-refractivity contribution is 5.85. The lowest BCUT2D eigenvalue weighted by Gasteiger charge is -2.12. The number of nitrogens with one attached hydrogen (secondary N) is 1. The monoisotopic (exact) mass is 239 g/mol. The summed E-state index contributed by atoms with van der Waals surface area (Å²) in [6.45, 7) is 6.74. The minimum Gasteiger partial charge on any atom is -0.477 e. The van der Waals surface area contributed by atoms with Gasteiger partial charge in [-0.05, 0) is 26.8 Å². The Balaban J connectivity index is 2.68. The van der Waals surface area contributed by atoms with Gasteiger partial charge in [-0.15, -0.1) is 0 Å². The van der Waals surface area contributed by atoms with E-state index >= 15 is 0 Å². The molecule has 2 N–H and O–H groups in total. The smallest absolute Gasteiger partial charge is 0.354 e. The molecule has 1 rings (SSSR count).